The van der Waals surface area contributed by atoms with Gasteiger partial charge >= 0.3 is 0 Å². The van der Waals surface area contributed by atoms with Gasteiger partial charge in [-0.3, -0.25) is 10.1 Å². The van der Waals surface area contributed by atoms with E-state index >= 15 is 0 Å². The number of aromatic hydroxyl groups is 1. The maximum absolute atomic E-state index is 14.3. The third-order valence-electron chi connectivity index (χ3n) is 5.27. The van der Waals surface area contributed by atoms with Crippen molar-refractivity contribution < 1.29 is 33.0 Å². The van der Waals surface area contributed by atoms with Gasteiger partial charge in [-0.2, -0.15) is 0 Å². The second kappa shape index (κ2) is 10.3. The van der Waals surface area contributed by atoms with Gasteiger partial charge in [0, 0.05) is 30.9 Å². The number of phenols is 1. The van der Waals surface area contributed by atoms with Gasteiger partial charge in [0.25, 0.3) is 5.69 Å². The van der Waals surface area contributed by atoms with Crippen LogP contribution in [0.5, 0.6) is 17.2 Å². The Morgan fingerprint density at radius 3 is 2.57 bits per heavy atom. The summed E-state index contributed by atoms with van der Waals surface area (Å²) in [5.74, 6) is -3.16. The van der Waals surface area contributed by atoms with Crippen molar-refractivity contribution in [2.24, 2.45) is 0 Å². The lowest BCUT2D eigenvalue weighted by Crippen LogP contribution is -2.36. The van der Waals surface area contributed by atoms with Gasteiger partial charge in [-0.25, -0.2) is 18.7 Å². The number of benzene rings is 2. The van der Waals surface area contributed by atoms with Crippen LogP contribution in [0.2, 0.25) is 0 Å². The van der Waals surface area contributed by atoms with Gasteiger partial charge < -0.3 is 29.5 Å². The number of hydrogen-bond acceptors (Lipinski definition) is 10. The van der Waals surface area contributed by atoms with Crippen LogP contribution in [0.4, 0.5) is 31.8 Å². The minimum atomic E-state index is -1.17. The molecule has 3 aromatic rings. The van der Waals surface area contributed by atoms with Crippen LogP contribution in [0.1, 0.15) is 5.56 Å². The summed E-state index contributed by atoms with van der Waals surface area (Å²) in [5.41, 5.74) is 0.219. The number of halogens is 2. The predicted octanol–water partition coefficient (Wildman–Crippen LogP) is 3.54. The van der Waals surface area contributed by atoms with Crippen molar-refractivity contribution in [2.75, 3.05) is 43.6 Å². The Bertz CT molecular complexity index is 1220. The first-order valence-electron chi connectivity index (χ1n) is 10.4. The number of nitrogens with zero attached hydrogens (tertiary/aromatic N) is 4. The first-order valence-corrected chi connectivity index (χ1v) is 10.4. The molecule has 1 fully saturated rings. The summed E-state index contributed by atoms with van der Waals surface area (Å²) in [7, 11) is 1.18. The molecule has 1 aliphatic heterocycles. The van der Waals surface area contributed by atoms with Gasteiger partial charge in [-0.15, -0.1) is 0 Å². The fraction of sp³-hybridized carbons (Fsp3) is 0.273. The van der Waals surface area contributed by atoms with Crippen molar-refractivity contribution in [1.29, 1.82) is 0 Å². The molecule has 0 spiro atoms. The maximum Gasteiger partial charge on any atom is 0.294 e. The number of rotatable bonds is 8. The van der Waals surface area contributed by atoms with Crippen LogP contribution in [0, 0.1) is 21.7 Å². The van der Waals surface area contributed by atoms with Gasteiger partial charge in [0.2, 0.25) is 5.95 Å². The highest BCUT2D eigenvalue weighted by molar-refractivity contribution is 5.71. The molecular formula is C22H21F2N5O6. The summed E-state index contributed by atoms with van der Waals surface area (Å²) in [6.07, 6.45) is 2.47. The first-order chi connectivity index (χ1) is 16.9. The summed E-state index contributed by atoms with van der Waals surface area (Å²) in [5, 5.41) is 24.0. The highest BCUT2D eigenvalue weighted by atomic mass is 19.1. The van der Waals surface area contributed by atoms with Crippen molar-refractivity contribution in [3.05, 3.63) is 64.0 Å². The molecule has 0 aliphatic carbocycles. The lowest BCUT2D eigenvalue weighted by Gasteiger charge is -2.28. The van der Waals surface area contributed by atoms with E-state index < -0.39 is 34.5 Å². The largest absolute Gasteiger partial charge is 0.505 e. The lowest BCUT2D eigenvalue weighted by atomic mass is 10.2. The topological polar surface area (TPSA) is 132 Å². The minimum absolute atomic E-state index is 0.0518. The molecule has 184 valence electrons. The van der Waals surface area contributed by atoms with Gasteiger partial charge in [0.05, 0.1) is 43.2 Å². The fourth-order valence-corrected chi connectivity index (χ4v) is 3.45. The summed E-state index contributed by atoms with van der Waals surface area (Å²) in [6, 6.07) is 5.62. The second-order valence-electron chi connectivity index (χ2n) is 7.42. The molecule has 0 bridgehead atoms. The number of ether oxygens (including phenoxy) is 3. The highest BCUT2D eigenvalue weighted by Crippen LogP contribution is 2.33. The number of anilines is 3. The molecule has 0 saturated carbocycles. The predicted molar refractivity (Wildman–Crippen MR) is 120 cm³/mol. The molecular weight excluding hydrogens is 468 g/mol. The Kier molecular flexibility index (Phi) is 7.06. The van der Waals surface area contributed by atoms with E-state index in [1.807, 2.05) is 4.90 Å². The molecule has 2 heterocycles. The van der Waals surface area contributed by atoms with E-state index in [4.69, 9.17) is 14.2 Å². The quantitative estimate of drug-likeness (QED) is 0.358. The molecule has 13 heteroatoms. The van der Waals surface area contributed by atoms with E-state index in [1.54, 1.807) is 12.1 Å². The van der Waals surface area contributed by atoms with E-state index in [-0.39, 0.29) is 28.8 Å². The Labute approximate surface area is 198 Å². The molecule has 1 aliphatic rings. The molecule has 1 saturated heterocycles. The van der Waals surface area contributed by atoms with Crippen LogP contribution >= 0.6 is 0 Å². The molecule has 2 N–H and O–H groups in total. The van der Waals surface area contributed by atoms with Crippen molar-refractivity contribution in [3.63, 3.8) is 0 Å². The average molecular weight is 489 g/mol. The number of nitrogens with one attached hydrogen (secondary N) is 1. The van der Waals surface area contributed by atoms with Crippen LogP contribution in [0.3, 0.4) is 0 Å². The molecule has 35 heavy (non-hydrogen) atoms. The molecule has 1 aromatic heterocycles. The Hall–Kier alpha value is -4.26. The van der Waals surface area contributed by atoms with Crippen LogP contribution in [0.25, 0.3) is 0 Å². The number of aromatic nitrogens is 2. The zero-order valence-corrected chi connectivity index (χ0v) is 18.5. The van der Waals surface area contributed by atoms with Gasteiger partial charge in [0.1, 0.15) is 12.3 Å². The fourth-order valence-electron chi connectivity index (χ4n) is 3.45. The van der Waals surface area contributed by atoms with Gasteiger partial charge in [-0.1, -0.05) is 0 Å². The number of nitro benzene ring substituents is 1. The van der Waals surface area contributed by atoms with Crippen molar-refractivity contribution in [3.8, 4) is 17.2 Å². The number of methoxy groups -OCH3 is 1. The first kappa shape index (κ1) is 23.9. The van der Waals surface area contributed by atoms with Crippen molar-refractivity contribution in [1.82, 2.24) is 9.97 Å². The van der Waals surface area contributed by atoms with Gasteiger partial charge in [-0.05, 0) is 12.1 Å². The van der Waals surface area contributed by atoms with Crippen LogP contribution in [0.15, 0.2) is 36.7 Å². The van der Waals surface area contributed by atoms with E-state index in [9.17, 15) is 24.0 Å². The monoisotopic (exact) mass is 489 g/mol. The zero-order valence-electron chi connectivity index (χ0n) is 18.5. The highest BCUT2D eigenvalue weighted by Gasteiger charge is 2.21. The van der Waals surface area contributed by atoms with E-state index in [2.05, 4.69) is 15.3 Å². The van der Waals surface area contributed by atoms with E-state index in [0.717, 1.165) is 6.07 Å². The zero-order chi connectivity index (χ0) is 24.9. The number of morpholine rings is 1. The third-order valence-corrected chi connectivity index (χ3v) is 5.27. The Balaban J connectivity index is 1.46. The van der Waals surface area contributed by atoms with Crippen molar-refractivity contribution in [2.45, 2.75) is 6.61 Å². The third kappa shape index (κ3) is 5.30. The normalized spacial score (nSPS) is 13.4. The average Bonchev–Trinajstić information content (AvgIpc) is 2.87. The molecule has 0 atom stereocenters. The smallest absolute Gasteiger partial charge is 0.294 e. The van der Waals surface area contributed by atoms with Crippen LogP contribution < -0.4 is 19.7 Å². The summed E-state index contributed by atoms with van der Waals surface area (Å²) < 4.78 is 43.8. The second-order valence-corrected chi connectivity index (χ2v) is 7.42. The lowest BCUT2D eigenvalue weighted by molar-refractivity contribution is -0.383. The molecule has 0 unspecified atom stereocenters. The summed E-state index contributed by atoms with van der Waals surface area (Å²) in [4.78, 5) is 21.2. The Morgan fingerprint density at radius 1 is 1.20 bits per heavy atom. The molecule has 11 nitrogen and oxygen atoms in total. The number of phenolic OH excluding ortho intramolecular Hbond substituents is 1. The minimum Gasteiger partial charge on any atom is -0.505 e. The van der Waals surface area contributed by atoms with E-state index in [0.29, 0.717) is 32.0 Å². The summed E-state index contributed by atoms with van der Waals surface area (Å²) >= 11 is 0. The molecule has 4 rings (SSSR count). The van der Waals surface area contributed by atoms with Gasteiger partial charge in [0.15, 0.2) is 28.9 Å². The summed E-state index contributed by atoms with van der Waals surface area (Å²) in [6.45, 7) is 1.81. The Morgan fingerprint density at radius 2 is 1.91 bits per heavy atom. The van der Waals surface area contributed by atoms with Crippen molar-refractivity contribution >= 4 is 23.0 Å². The van der Waals surface area contributed by atoms with E-state index in [1.165, 1.54) is 25.6 Å². The molecule has 2 aromatic carbocycles. The SMILES string of the molecule is COc1cc(O)c(F)c(COc2cnc(Nc3ccc(N4CCOCC4)cc3[N+](=O)[O-])nc2)c1F. The molecule has 0 amide bonds. The maximum atomic E-state index is 14.3. The number of hydrogen-bond donors (Lipinski definition) is 2. The standard InChI is InChI=1S/C22H21F2N5O6/c1-33-19-9-18(30)20(23)15(21(19)24)12-35-14-10-25-22(26-11-14)27-16-3-2-13(8-17(16)29(31)32)28-4-6-34-7-5-28/h2-3,8-11,30H,4-7,12H2,1H3,(H,25,26,27). The van der Waals surface area contributed by atoms with Crippen LogP contribution in [-0.2, 0) is 11.3 Å². The number of nitro groups is 1. The molecule has 0 radical (unpaired) electrons. The van der Waals surface area contributed by atoms with Crippen LogP contribution in [-0.4, -0.2) is 53.4 Å².